The third kappa shape index (κ3) is 6.72. The predicted octanol–water partition coefficient (Wildman–Crippen LogP) is 6.24. The monoisotopic (exact) mass is 715 g/mol. The van der Waals surface area contributed by atoms with Crippen molar-refractivity contribution in [3.8, 4) is 0 Å². The molecule has 0 spiro atoms. The van der Waals surface area contributed by atoms with Crippen LogP contribution in [0.5, 0.6) is 0 Å². The molecule has 9 nitrogen and oxygen atoms in total. The normalized spacial score (nSPS) is 35.9. The van der Waals surface area contributed by atoms with E-state index >= 15 is 0 Å². The summed E-state index contributed by atoms with van der Waals surface area (Å²) in [4.78, 5) is 44.8. The van der Waals surface area contributed by atoms with E-state index in [1.54, 1.807) is 27.2 Å². The number of hydrogen-bond donors (Lipinski definition) is 1. The third-order valence-electron chi connectivity index (χ3n) is 11.8. The van der Waals surface area contributed by atoms with Crippen LogP contribution in [0.2, 0.25) is 0 Å². The number of aliphatic hydroxyl groups excluding tert-OH is 1. The molecular weight excluding hydrogens is 665 g/mol. The number of oxime groups is 1. The zero-order chi connectivity index (χ0) is 35.9. The highest BCUT2D eigenvalue weighted by atomic mass is 35.5. The molecule has 1 aromatic rings. The Labute approximate surface area is 295 Å². The summed E-state index contributed by atoms with van der Waals surface area (Å²) in [7, 11) is -2.35. The molecular formula is C38H51ClNO8P. The topological polar surface area (TPSA) is 129 Å². The third-order valence-corrected chi connectivity index (χ3v) is 13.8. The van der Waals surface area contributed by atoms with Gasteiger partial charge in [0.1, 0.15) is 19.5 Å². The van der Waals surface area contributed by atoms with Gasteiger partial charge in [0.2, 0.25) is 5.78 Å². The minimum atomic E-state index is -2.35. The van der Waals surface area contributed by atoms with Crippen molar-refractivity contribution in [3.63, 3.8) is 0 Å². The first-order chi connectivity index (χ1) is 23.0. The molecule has 3 saturated carbocycles. The number of alkyl halides is 1. The van der Waals surface area contributed by atoms with Crippen molar-refractivity contribution in [2.24, 2.45) is 39.7 Å². The molecule has 0 amide bonds. The molecule has 49 heavy (non-hydrogen) atoms. The number of halogens is 1. The Balaban J connectivity index is 1.38. The summed E-state index contributed by atoms with van der Waals surface area (Å²) in [5.41, 5.74) is -0.245. The second-order valence-electron chi connectivity index (χ2n) is 15.2. The lowest BCUT2D eigenvalue weighted by Gasteiger charge is -2.61. The summed E-state index contributed by atoms with van der Waals surface area (Å²) in [5, 5.41) is 17.0. The number of carbonyl (C=O) groups excluding carboxylic acids is 3. The highest BCUT2D eigenvalue weighted by Gasteiger charge is 2.73. The highest BCUT2D eigenvalue weighted by Crippen LogP contribution is 2.69. The number of ether oxygens (including phenoxy) is 2. The number of benzene rings is 1. The molecule has 5 rings (SSSR count). The second kappa shape index (κ2) is 14.1. The van der Waals surface area contributed by atoms with Crippen LogP contribution < -0.4 is 5.30 Å². The molecule has 4 aliphatic rings. The van der Waals surface area contributed by atoms with Gasteiger partial charge in [-0.3, -0.25) is 14.4 Å². The van der Waals surface area contributed by atoms with Crippen LogP contribution in [0.4, 0.5) is 0 Å². The first-order valence-corrected chi connectivity index (χ1v) is 20.5. The number of rotatable bonds is 11. The zero-order valence-electron chi connectivity index (χ0n) is 29.7. The van der Waals surface area contributed by atoms with Crippen LogP contribution in [0.3, 0.4) is 0 Å². The number of carbonyl (C=O) groups is 3. The van der Waals surface area contributed by atoms with Gasteiger partial charge in [-0.25, -0.2) is 0 Å². The Morgan fingerprint density at radius 2 is 1.84 bits per heavy atom. The Morgan fingerprint density at radius 3 is 2.51 bits per heavy atom. The van der Waals surface area contributed by atoms with Gasteiger partial charge in [0, 0.05) is 52.6 Å². The SMILES string of the molecule is CCC(=O)OCC(=O)[C@@]1(OC(=O)CC)[C@H](C)C[C@H]2[C@H]3[C@H]([C@@H](O)C[C@@]21C)[C@@]1(C)C=C/C(=N/OCCc2cccc(P(C)(C)=O)c2)C=C1C[C@H]3Cl. The molecule has 1 N–H and O–H groups in total. The summed E-state index contributed by atoms with van der Waals surface area (Å²) >= 11 is 7.30. The van der Waals surface area contributed by atoms with Gasteiger partial charge in [-0.2, -0.15) is 0 Å². The molecule has 0 radical (unpaired) electrons. The van der Waals surface area contributed by atoms with Gasteiger partial charge < -0.3 is 24.0 Å². The minimum Gasteiger partial charge on any atom is -0.457 e. The molecule has 4 aliphatic carbocycles. The fourth-order valence-corrected chi connectivity index (χ4v) is 10.9. The lowest BCUT2D eigenvalue weighted by Crippen LogP contribution is -2.65. The van der Waals surface area contributed by atoms with E-state index in [1.807, 2.05) is 50.3 Å². The van der Waals surface area contributed by atoms with Gasteiger partial charge in [0.15, 0.2) is 12.2 Å². The maximum Gasteiger partial charge on any atom is 0.306 e. The molecule has 9 atom stereocenters. The zero-order valence-corrected chi connectivity index (χ0v) is 31.4. The van der Waals surface area contributed by atoms with Crippen molar-refractivity contribution >= 4 is 47.5 Å². The summed E-state index contributed by atoms with van der Waals surface area (Å²) in [6.45, 7) is 12.7. The van der Waals surface area contributed by atoms with Gasteiger partial charge in [-0.15, -0.1) is 11.6 Å². The average molecular weight is 716 g/mol. The van der Waals surface area contributed by atoms with E-state index in [9.17, 15) is 24.1 Å². The number of Topliss-reactive ketones (excluding diaryl/α,β-unsaturated/α-hetero) is 1. The molecule has 0 heterocycles. The van der Waals surface area contributed by atoms with Crippen LogP contribution in [0.15, 0.2) is 53.2 Å². The van der Waals surface area contributed by atoms with Crippen LogP contribution in [0.1, 0.15) is 72.3 Å². The summed E-state index contributed by atoms with van der Waals surface area (Å²) in [6.07, 6.45) is 7.37. The number of fused-ring (bicyclic) bond motifs is 5. The number of hydrogen-bond acceptors (Lipinski definition) is 9. The maximum atomic E-state index is 14.1. The first-order valence-electron chi connectivity index (χ1n) is 17.5. The molecule has 1 aromatic carbocycles. The van der Waals surface area contributed by atoms with E-state index in [0.29, 0.717) is 31.6 Å². The van der Waals surface area contributed by atoms with Crippen molar-refractivity contribution in [1.82, 2.24) is 0 Å². The Morgan fingerprint density at radius 1 is 1.12 bits per heavy atom. The fraction of sp³-hybridized carbons (Fsp3) is 0.632. The Bertz CT molecular complexity index is 1620. The molecule has 268 valence electrons. The first kappa shape index (κ1) is 37.5. The van der Waals surface area contributed by atoms with Crippen LogP contribution in [0, 0.1) is 34.5 Å². The van der Waals surface area contributed by atoms with Gasteiger partial charge in [-0.05, 0) is 68.2 Å². The molecule has 0 aliphatic heterocycles. The standard InChI is InChI=1S/C38H51ClNO8P/c1-8-32(43)46-22-31(42)38(48-33(44)9-2)23(3)17-28-34-29(39)20-25-19-26(13-15-36(25,4)35(34)30(41)21-37(28,38)5)40-47-16-14-24-11-10-12-27(18-24)49(6,7)45/h10-13,15,18-19,23,28-30,34-35,41H,8-9,14,16-17,20-22H2,1-7H3/b40-26-/t23-,28+,29-,30+,34-,35+,36+,37+,38+/m1/s1. The maximum absolute atomic E-state index is 14.1. The summed E-state index contributed by atoms with van der Waals surface area (Å²) in [5.74, 6) is -2.39. The van der Waals surface area contributed by atoms with Crippen LogP contribution in [-0.2, 0) is 39.7 Å². The Kier molecular flexibility index (Phi) is 10.8. The van der Waals surface area contributed by atoms with Crippen molar-refractivity contribution < 1.29 is 38.4 Å². The quantitative estimate of drug-likeness (QED) is 0.0939. The lowest BCUT2D eigenvalue weighted by atomic mass is 9.46. The van der Waals surface area contributed by atoms with E-state index in [1.165, 1.54) is 0 Å². The largest absolute Gasteiger partial charge is 0.457 e. The molecule has 3 fully saturated rings. The number of nitrogens with zero attached hydrogens (tertiary/aromatic N) is 1. The number of allylic oxidation sites excluding steroid dienone is 4. The predicted molar refractivity (Wildman–Crippen MR) is 191 cm³/mol. The van der Waals surface area contributed by atoms with Gasteiger partial charge in [-0.1, -0.05) is 69.6 Å². The molecule has 11 heteroatoms. The van der Waals surface area contributed by atoms with Crippen LogP contribution >= 0.6 is 18.7 Å². The second-order valence-corrected chi connectivity index (χ2v) is 18.9. The van der Waals surface area contributed by atoms with Gasteiger partial charge in [0.05, 0.1) is 6.10 Å². The highest BCUT2D eigenvalue weighted by molar-refractivity contribution is 7.70. The minimum absolute atomic E-state index is 0.0860. The van der Waals surface area contributed by atoms with Gasteiger partial charge in [0.25, 0.3) is 0 Å². The number of aliphatic hydroxyl groups is 1. The molecule has 0 bridgehead atoms. The van der Waals surface area contributed by atoms with Crippen molar-refractivity contribution in [1.29, 1.82) is 0 Å². The number of esters is 2. The fourth-order valence-electron chi connectivity index (χ4n) is 9.43. The van der Waals surface area contributed by atoms with Crippen molar-refractivity contribution in [2.45, 2.75) is 90.2 Å². The van der Waals surface area contributed by atoms with E-state index < -0.39 is 54.0 Å². The summed E-state index contributed by atoms with van der Waals surface area (Å²) in [6, 6.07) is 7.76. The van der Waals surface area contributed by atoms with Crippen LogP contribution in [-0.4, -0.2) is 72.2 Å². The molecule has 0 saturated heterocycles. The van der Waals surface area contributed by atoms with Crippen molar-refractivity contribution in [2.75, 3.05) is 26.5 Å². The smallest absolute Gasteiger partial charge is 0.306 e. The van der Waals surface area contributed by atoms with E-state index in [-0.39, 0.29) is 48.3 Å². The average Bonchev–Trinajstić information content (AvgIpc) is 3.27. The number of ketones is 1. The van der Waals surface area contributed by atoms with E-state index in [4.69, 9.17) is 25.9 Å². The van der Waals surface area contributed by atoms with Gasteiger partial charge >= 0.3 is 11.9 Å². The summed E-state index contributed by atoms with van der Waals surface area (Å²) < 4.78 is 23.9. The van der Waals surface area contributed by atoms with Crippen LogP contribution in [0.25, 0.3) is 0 Å². The van der Waals surface area contributed by atoms with E-state index in [2.05, 4.69) is 18.2 Å². The van der Waals surface area contributed by atoms with Crippen molar-refractivity contribution in [3.05, 3.63) is 53.6 Å². The van der Waals surface area contributed by atoms with E-state index in [0.717, 1.165) is 16.4 Å². The Hall–Kier alpha value is -2.74. The lowest BCUT2D eigenvalue weighted by molar-refractivity contribution is -0.205. The molecule has 0 unspecified atom stereocenters. The molecule has 0 aromatic heterocycles.